The number of pyridine rings is 1. The molecular formula is C22H23F3N2OS2. The van der Waals surface area contributed by atoms with Gasteiger partial charge in [-0.1, -0.05) is 26.5 Å². The molecule has 30 heavy (non-hydrogen) atoms. The van der Waals surface area contributed by atoms with Crippen LogP contribution in [-0.2, 0) is 6.18 Å². The maximum atomic E-state index is 13.6. The maximum Gasteiger partial charge on any atom is 0.417 e. The lowest BCUT2D eigenvalue weighted by Crippen LogP contribution is -2.10. The van der Waals surface area contributed by atoms with Gasteiger partial charge in [-0.05, 0) is 42.0 Å². The molecule has 0 spiro atoms. The Morgan fingerprint density at radius 2 is 1.93 bits per heavy atom. The first-order chi connectivity index (χ1) is 14.3. The zero-order valence-electron chi connectivity index (χ0n) is 16.8. The zero-order chi connectivity index (χ0) is 22.1. The number of halogens is 3. The molecule has 0 unspecified atom stereocenters. The Hall–Kier alpha value is -2.11. The van der Waals surface area contributed by atoms with E-state index in [1.807, 2.05) is 0 Å². The van der Waals surface area contributed by atoms with Gasteiger partial charge in [-0.15, -0.1) is 11.8 Å². The van der Waals surface area contributed by atoms with Crippen LogP contribution in [0.5, 0.6) is 5.75 Å². The van der Waals surface area contributed by atoms with E-state index in [-0.39, 0.29) is 10.7 Å². The predicted molar refractivity (Wildman–Crippen MR) is 118 cm³/mol. The molecule has 0 aliphatic carbocycles. The summed E-state index contributed by atoms with van der Waals surface area (Å²) in [6.07, 6.45) is -3.04. The third-order valence-electron chi connectivity index (χ3n) is 3.84. The Bertz CT molecular complexity index is 891. The molecule has 2 rings (SSSR count). The predicted octanol–water partition coefficient (Wildman–Crippen LogP) is 6.69. The summed E-state index contributed by atoms with van der Waals surface area (Å²) in [4.78, 5) is 4.39. The zero-order valence-corrected chi connectivity index (χ0v) is 18.5. The fraction of sp³-hybridized carbons (Fsp3) is 0.364. The van der Waals surface area contributed by atoms with Gasteiger partial charge in [-0.2, -0.15) is 30.2 Å². The van der Waals surface area contributed by atoms with Crippen LogP contribution in [0.25, 0.3) is 11.3 Å². The summed E-state index contributed by atoms with van der Waals surface area (Å²) >= 11 is 2.92. The van der Waals surface area contributed by atoms with Crippen molar-refractivity contribution in [1.29, 1.82) is 5.26 Å². The lowest BCUT2D eigenvalue weighted by atomic mass is 10.1. The third kappa shape index (κ3) is 6.99. The Morgan fingerprint density at radius 1 is 1.23 bits per heavy atom. The molecule has 0 radical (unpaired) electrons. The van der Waals surface area contributed by atoms with Crippen LogP contribution >= 0.6 is 23.5 Å². The molecule has 2 aromatic rings. The quantitative estimate of drug-likeness (QED) is 0.228. The number of nitrogens with zero attached hydrogens (tertiary/aromatic N) is 2. The minimum absolute atomic E-state index is 0.111. The molecule has 8 heteroatoms. The van der Waals surface area contributed by atoms with E-state index in [0.717, 1.165) is 17.6 Å². The van der Waals surface area contributed by atoms with Gasteiger partial charge in [0.2, 0.25) is 0 Å². The van der Waals surface area contributed by atoms with Crippen LogP contribution in [0.4, 0.5) is 13.2 Å². The fourth-order valence-corrected chi connectivity index (χ4v) is 4.60. The number of nitriles is 1. The van der Waals surface area contributed by atoms with Crippen LogP contribution in [0.15, 0.2) is 48.0 Å². The number of hydrogen-bond donors (Lipinski definition) is 0. The number of aromatic nitrogens is 1. The molecule has 0 aliphatic rings. The molecule has 0 saturated heterocycles. The van der Waals surface area contributed by atoms with Crippen LogP contribution in [0.3, 0.4) is 0 Å². The molecule has 0 N–H and O–H groups in total. The number of benzene rings is 1. The average Bonchev–Trinajstić information content (AvgIpc) is 2.70. The van der Waals surface area contributed by atoms with Crippen LogP contribution in [0, 0.1) is 17.2 Å². The van der Waals surface area contributed by atoms with Gasteiger partial charge in [0.05, 0.1) is 16.8 Å². The van der Waals surface area contributed by atoms with Gasteiger partial charge in [0, 0.05) is 17.1 Å². The van der Waals surface area contributed by atoms with E-state index in [9.17, 15) is 18.4 Å². The normalized spacial score (nSPS) is 11.4. The Balaban J connectivity index is 2.34. The summed E-state index contributed by atoms with van der Waals surface area (Å²) in [5.41, 5.74) is -0.684. The highest BCUT2D eigenvalue weighted by molar-refractivity contribution is 8.02. The average molecular weight is 453 g/mol. The summed E-state index contributed by atoms with van der Waals surface area (Å²) in [6.45, 7) is 8.13. The monoisotopic (exact) mass is 452 g/mol. The molecule has 0 saturated carbocycles. The van der Waals surface area contributed by atoms with Gasteiger partial charge in [0.15, 0.2) is 0 Å². The van der Waals surface area contributed by atoms with E-state index in [1.165, 1.54) is 11.8 Å². The Labute approximate surface area is 183 Å². The van der Waals surface area contributed by atoms with Gasteiger partial charge >= 0.3 is 6.18 Å². The molecule has 0 fully saturated rings. The molecule has 3 nitrogen and oxygen atoms in total. The van der Waals surface area contributed by atoms with Gasteiger partial charge < -0.3 is 4.74 Å². The minimum Gasteiger partial charge on any atom is -0.490 e. The number of rotatable bonds is 10. The van der Waals surface area contributed by atoms with E-state index >= 15 is 0 Å². The van der Waals surface area contributed by atoms with E-state index < -0.39 is 17.3 Å². The standard InChI is InChI=1S/C22H23F3N2OS2/c1-4-9-28-17-7-5-16(6-8-17)20-12-19(22(23,24)25)18(13-26)21(27-20)30-11-10-29-14-15(2)3/h4-8,12,15H,1,9-11,14H2,2-3H3. The minimum atomic E-state index is -4.64. The lowest BCUT2D eigenvalue weighted by Gasteiger charge is -2.14. The van der Waals surface area contributed by atoms with Crippen molar-refractivity contribution in [2.45, 2.75) is 25.0 Å². The van der Waals surface area contributed by atoms with Crippen molar-refractivity contribution in [3.8, 4) is 23.1 Å². The van der Waals surface area contributed by atoms with Crippen LogP contribution < -0.4 is 4.74 Å². The largest absolute Gasteiger partial charge is 0.490 e. The van der Waals surface area contributed by atoms with Crippen LogP contribution in [0.2, 0.25) is 0 Å². The first-order valence-electron chi connectivity index (χ1n) is 9.33. The van der Waals surface area contributed by atoms with E-state index in [1.54, 1.807) is 48.2 Å². The smallest absolute Gasteiger partial charge is 0.417 e. The third-order valence-corrected chi connectivity index (χ3v) is 6.47. The summed E-state index contributed by atoms with van der Waals surface area (Å²) in [5, 5.41) is 9.50. The number of ether oxygens (including phenoxy) is 1. The van der Waals surface area contributed by atoms with Crippen molar-refractivity contribution in [3.05, 3.63) is 54.1 Å². The SMILES string of the molecule is C=CCOc1ccc(-c2cc(C(F)(F)F)c(C#N)c(SCCSCC(C)C)n2)cc1. The second-order valence-corrected chi connectivity index (χ2v) is 9.02. The molecule has 1 aromatic heterocycles. The topological polar surface area (TPSA) is 45.9 Å². The Kier molecular flexibility index (Phi) is 9.12. The highest BCUT2D eigenvalue weighted by atomic mass is 32.2. The first-order valence-corrected chi connectivity index (χ1v) is 11.5. The highest BCUT2D eigenvalue weighted by Crippen LogP contribution is 2.38. The van der Waals surface area contributed by atoms with E-state index in [2.05, 4.69) is 25.4 Å². The van der Waals surface area contributed by atoms with Gasteiger partial charge in [0.1, 0.15) is 23.5 Å². The van der Waals surface area contributed by atoms with Crippen LogP contribution in [-0.4, -0.2) is 28.8 Å². The summed E-state index contributed by atoms with van der Waals surface area (Å²) in [7, 11) is 0. The maximum absolute atomic E-state index is 13.6. The van der Waals surface area contributed by atoms with Crippen molar-refractivity contribution < 1.29 is 17.9 Å². The van der Waals surface area contributed by atoms with Crippen molar-refractivity contribution in [1.82, 2.24) is 4.98 Å². The van der Waals surface area contributed by atoms with Crippen molar-refractivity contribution in [3.63, 3.8) is 0 Å². The molecule has 1 heterocycles. The highest BCUT2D eigenvalue weighted by Gasteiger charge is 2.36. The van der Waals surface area contributed by atoms with Crippen molar-refractivity contribution in [2.24, 2.45) is 5.92 Å². The first kappa shape index (κ1) is 24.2. The number of thioether (sulfide) groups is 2. The summed E-state index contributed by atoms with van der Waals surface area (Å²) in [5.74, 6) is 3.46. The molecule has 0 aliphatic heterocycles. The number of hydrogen-bond acceptors (Lipinski definition) is 5. The van der Waals surface area contributed by atoms with E-state index in [0.29, 0.717) is 29.6 Å². The second kappa shape index (κ2) is 11.3. The van der Waals surface area contributed by atoms with Gasteiger partial charge in [-0.25, -0.2) is 4.98 Å². The molecule has 0 atom stereocenters. The van der Waals surface area contributed by atoms with Crippen molar-refractivity contribution in [2.75, 3.05) is 23.9 Å². The molecule has 1 aromatic carbocycles. The molecular weight excluding hydrogens is 429 g/mol. The van der Waals surface area contributed by atoms with Gasteiger partial charge in [-0.3, -0.25) is 0 Å². The molecule has 0 amide bonds. The molecule has 0 bridgehead atoms. The fourth-order valence-electron chi connectivity index (χ4n) is 2.50. The van der Waals surface area contributed by atoms with E-state index in [4.69, 9.17) is 4.74 Å². The van der Waals surface area contributed by atoms with Gasteiger partial charge in [0.25, 0.3) is 0 Å². The Morgan fingerprint density at radius 3 is 2.50 bits per heavy atom. The lowest BCUT2D eigenvalue weighted by molar-refractivity contribution is -0.138. The number of alkyl halides is 3. The summed E-state index contributed by atoms with van der Waals surface area (Å²) in [6, 6.07) is 9.28. The van der Waals surface area contributed by atoms with Crippen molar-refractivity contribution >= 4 is 23.5 Å². The molecule has 160 valence electrons. The van der Waals surface area contributed by atoms with Crippen LogP contribution in [0.1, 0.15) is 25.0 Å². The second-order valence-electron chi connectivity index (χ2n) is 6.79. The summed E-state index contributed by atoms with van der Waals surface area (Å²) < 4.78 is 46.3.